The highest BCUT2D eigenvalue weighted by Gasteiger charge is 2.32. The fourth-order valence-electron chi connectivity index (χ4n) is 2.18. The first-order chi connectivity index (χ1) is 10.2. The van der Waals surface area contributed by atoms with Crippen LogP contribution in [-0.2, 0) is 6.54 Å². The molecule has 2 aromatic rings. The number of halogens is 1. The van der Waals surface area contributed by atoms with Crippen LogP contribution < -0.4 is 5.32 Å². The summed E-state index contributed by atoms with van der Waals surface area (Å²) in [6.45, 7) is 0.526. The highest BCUT2D eigenvalue weighted by Crippen LogP contribution is 2.29. The lowest BCUT2D eigenvalue weighted by Gasteiger charge is -2.22. The van der Waals surface area contributed by atoms with Crippen molar-refractivity contribution in [3.8, 4) is 0 Å². The summed E-state index contributed by atoms with van der Waals surface area (Å²) in [5.74, 6) is 0. The van der Waals surface area contributed by atoms with E-state index in [-0.39, 0.29) is 6.03 Å². The van der Waals surface area contributed by atoms with Crippen molar-refractivity contribution in [2.75, 3.05) is 5.32 Å². The topological polar surface area (TPSA) is 45.2 Å². The number of carbonyl (C=O) groups is 1. The van der Waals surface area contributed by atoms with Crippen LogP contribution >= 0.6 is 11.6 Å². The predicted molar refractivity (Wildman–Crippen MR) is 83.3 cm³/mol. The molecule has 1 saturated carbocycles. The maximum Gasteiger partial charge on any atom is 0.322 e. The summed E-state index contributed by atoms with van der Waals surface area (Å²) in [6, 6.07) is 13.1. The number of amides is 2. The molecule has 21 heavy (non-hydrogen) atoms. The van der Waals surface area contributed by atoms with Crippen LogP contribution in [0.25, 0.3) is 0 Å². The van der Waals surface area contributed by atoms with Crippen molar-refractivity contribution in [2.24, 2.45) is 0 Å². The van der Waals surface area contributed by atoms with Gasteiger partial charge in [-0.3, -0.25) is 4.98 Å². The highest BCUT2D eigenvalue weighted by molar-refractivity contribution is 6.30. The maximum absolute atomic E-state index is 12.5. The van der Waals surface area contributed by atoms with E-state index in [1.54, 1.807) is 18.3 Å². The zero-order chi connectivity index (χ0) is 14.7. The van der Waals surface area contributed by atoms with Crippen molar-refractivity contribution in [3.05, 3.63) is 59.4 Å². The van der Waals surface area contributed by atoms with Crippen molar-refractivity contribution in [2.45, 2.75) is 25.4 Å². The summed E-state index contributed by atoms with van der Waals surface area (Å²) >= 11 is 5.94. The summed E-state index contributed by atoms with van der Waals surface area (Å²) in [5.41, 5.74) is 1.60. The second kappa shape index (κ2) is 6.14. The minimum Gasteiger partial charge on any atom is -0.316 e. The minimum atomic E-state index is -0.106. The van der Waals surface area contributed by atoms with Crippen LogP contribution in [0.15, 0.2) is 48.7 Å². The molecule has 1 aromatic carbocycles. The average molecular weight is 302 g/mol. The van der Waals surface area contributed by atoms with Crippen molar-refractivity contribution in [1.29, 1.82) is 0 Å². The highest BCUT2D eigenvalue weighted by atomic mass is 35.5. The Morgan fingerprint density at radius 3 is 2.81 bits per heavy atom. The van der Waals surface area contributed by atoms with Gasteiger partial charge in [0.1, 0.15) is 0 Å². The first-order valence-electron chi connectivity index (χ1n) is 6.95. The van der Waals surface area contributed by atoms with E-state index in [1.807, 2.05) is 35.2 Å². The zero-order valence-electron chi connectivity index (χ0n) is 11.5. The van der Waals surface area contributed by atoms with E-state index in [2.05, 4.69) is 10.3 Å². The van der Waals surface area contributed by atoms with Crippen LogP contribution in [0.1, 0.15) is 18.5 Å². The molecule has 1 aliphatic carbocycles. The Hall–Kier alpha value is -2.07. The Bertz CT molecular complexity index is 628. The van der Waals surface area contributed by atoms with Gasteiger partial charge in [0.25, 0.3) is 0 Å². The summed E-state index contributed by atoms with van der Waals surface area (Å²) in [4.78, 5) is 18.6. The summed E-state index contributed by atoms with van der Waals surface area (Å²) in [5, 5.41) is 3.51. The molecule has 0 spiro atoms. The predicted octanol–water partition coefficient (Wildman–Crippen LogP) is 3.93. The third kappa shape index (κ3) is 3.73. The third-order valence-corrected chi connectivity index (χ3v) is 3.62. The van der Waals surface area contributed by atoms with Crippen LogP contribution in [0.3, 0.4) is 0 Å². The Labute approximate surface area is 128 Å². The third-order valence-electron chi connectivity index (χ3n) is 3.38. The van der Waals surface area contributed by atoms with E-state index >= 15 is 0 Å². The number of hydrogen-bond acceptors (Lipinski definition) is 2. The molecule has 4 nitrogen and oxygen atoms in total. The molecule has 0 radical (unpaired) electrons. The van der Waals surface area contributed by atoms with Gasteiger partial charge in [-0.15, -0.1) is 0 Å². The number of nitrogens with zero attached hydrogens (tertiary/aromatic N) is 2. The molecule has 0 saturated heterocycles. The van der Waals surface area contributed by atoms with Gasteiger partial charge in [-0.25, -0.2) is 4.79 Å². The van der Waals surface area contributed by atoms with Gasteiger partial charge in [0.05, 0.1) is 12.2 Å². The van der Waals surface area contributed by atoms with Crippen molar-refractivity contribution >= 4 is 23.3 Å². The standard InChI is InChI=1S/C16H16ClN3O/c17-12-4-3-6-13(10-12)19-16(21)20(15-7-8-15)11-14-5-1-2-9-18-14/h1-6,9-10,15H,7-8,11H2,(H,19,21). The number of pyridine rings is 1. The average Bonchev–Trinajstić information content (AvgIpc) is 3.30. The molecule has 0 aliphatic heterocycles. The molecule has 108 valence electrons. The monoisotopic (exact) mass is 301 g/mol. The normalized spacial score (nSPS) is 13.8. The number of hydrogen-bond donors (Lipinski definition) is 1. The number of urea groups is 1. The van der Waals surface area contributed by atoms with Gasteiger partial charge in [-0.1, -0.05) is 23.7 Å². The van der Waals surface area contributed by atoms with Crippen LogP contribution in [0.2, 0.25) is 5.02 Å². The number of nitrogens with one attached hydrogen (secondary N) is 1. The number of anilines is 1. The Balaban J connectivity index is 1.70. The first-order valence-corrected chi connectivity index (χ1v) is 7.33. The Kier molecular flexibility index (Phi) is 4.06. The number of rotatable bonds is 4. The largest absolute Gasteiger partial charge is 0.322 e. The van der Waals surface area contributed by atoms with Gasteiger partial charge < -0.3 is 10.2 Å². The molecule has 0 unspecified atom stereocenters. The maximum atomic E-state index is 12.5. The van der Waals surface area contributed by atoms with Gasteiger partial charge in [-0.05, 0) is 43.2 Å². The number of benzene rings is 1. The van der Waals surface area contributed by atoms with Gasteiger partial charge in [0, 0.05) is 22.9 Å². The molecule has 5 heteroatoms. The fourth-order valence-corrected chi connectivity index (χ4v) is 2.37. The molecule has 1 aromatic heterocycles. The van der Waals surface area contributed by atoms with Gasteiger partial charge in [0.2, 0.25) is 0 Å². The van der Waals surface area contributed by atoms with E-state index in [4.69, 9.17) is 11.6 Å². The first kappa shape index (κ1) is 13.9. The van der Waals surface area contributed by atoms with Crippen LogP contribution in [0, 0.1) is 0 Å². The molecular weight excluding hydrogens is 286 g/mol. The van der Waals surface area contributed by atoms with E-state index < -0.39 is 0 Å². The van der Waals surface area contributed by atoms with E-state index in [0.717, 1.165) is 18.5 Å². The van der Waals surface area contributed by atoms with Crippen molar-refractivity contribution < 1.29 is 4.79 Å². The lowest BCUT2D eigenvalue weighted by Crippen LogP contribution is -2.36. The van der Waals surface area contributed by atoms with Gasteiger partial charge in [-0.2, -0.15) is 0 Å². The molecule has 0 bridgehead atoms. The molecule has 3 rings (SSSR count). The summed E-state index contributed by atoms with van der Waals surface area (Å²) in [7, 11) is 0. The van der Waals surface area contributed by atoms with Crippen molar-refractivity contribution in [3.63, 3.8) is 0 Å². The summed E-state index contributed by atoms with van der Waals surface area (Å²) in [6.07, 6.45) is 3.85. The number of carbonyl (C=O) groups excluding carboxylic acids is 1. The van der Waals surface area contributed by atoms with Crippen LogP contribution in [0.5, 0.6) is 0 Å². The molecule has 1 N–H and O–H groups in total. The zero-order valence-corrected chi connectivity index (χ0v) is 12.3. The van der Waals surface area contributed by atoms with E-state index in [9.17, 15) is 4.79 Å². The second-order valence-corrected chi connectivity index (χ2v) is 5.56. The van der Waals surface area contributed by atoms with E-state index in [0.29, 0.717) is 23.3 Å². The second-order valence-electron chi connectivity index (χ2n) is 5.12. The van der Waals surface area contributed by atoms with Gasteiger partial charge >= 0.3 is 6.03 Å². The number of aromatic nitrogens is 1. The molecule has 0 atom stereocenters. The molecule has 2 amide bonds. The fraction of sp³-hybridized carbons (Fsp3) is 0.250. The molecular formula is C16H16ClN3O. The lowest BCUT2D eigenvalue weighted by molar-refractivity contribution is 0.205. The molecule has 1 fully saturated rings. The smallest absolute Gasteiger partial charge is 0.316 e. The Morgan fingerprint density at radius 1 is 1.29 bits per heavy atom. The van der Waals surface area contributed by atoms with E-state index in [1.165, 1.54) is 0 Å². The Morgan fingerprint density at radius 2 is 2.14 bits per heavy atom. The molecule has 1 aliphatic rings. The molecule has 1 heterocycles. The van der Waals surface area contributed by atoms with Gasteiger partial charge in [0.15, 0.2) is 0 Å². The minimum absolute atomic E-state index is 0.106. The lowest BCUT2D eigenvalue weighted by atomic mass is 10.3. The van der Waals surface area contributed by atoms with Crippen LogP contribution in [-0.4, -0.2) is 22.0 Å². The SMILES string of the molecule is O=C(Nc1cccc(Cl)c1)N(Cc1ccccn1)C1CC1. The summed E-state index contributed by atoms with van der Waals surface area (Å²) < 4.78 is 0. The quantitative estimate of drug-likeness (QED) is 0.930. The van der Waals surface area contributed by atoms with Crippen molar-refractivity contribution in [1.82, 2.24) is 9.88 Å². The van der Waals surface area contributed by atoms with Crippen LogP contribution in [0.4, 0.5) is 10.5 Å².